The Morgan fingerprint density at radius 1 is 1.50 bits per heavy atom. The first kappa shape index (κ1) is 14.4. The average Bonchev–Trinajstić information content (AvgIpc) is 2.56. The van der Waals surface area contributed by atoms with Crippen molar-refractivity contribution in [3.63, 3.8) is 0 Å². The third-order valence-electron chi connectivity index (χ3n) is 2.52. The summed E-state index contributed by atoms with van der Waals surface area (Å²) in [4.78, 5) is 35.2. The number of carboxylic acids is 1. The van der Waals surface area contributed by atoms with Gasteiger partial charge in [-0.15, -0.1) is 0 Å². The predicted octanol–water partition coefficient (Wildman–Crippen LogP) is 0.540. The highest BCUT2D eigenvalue weighted by Gasteiger charge is 2.21. The molecule has 1 rings (SSSR count). The third kappa shape index (κ3) is 3.43. The lowest BCUT2D eigenvalue weighted by Crippen LogP contribution is -2.43. The normalized spacial score (nSPS) is 10.7. The van der Waals surface area contributed by atoms with E-state index in [2.05, 4.69) is 0 Å². The molecule has 0 aromatic carbocycles. The zero-order chi connectivity index (χ0) is 13.9. The molecule has 0 unspecified atom stereocenters. The number of hydrogen-bond donors (Lipinski definition) is 1. The van der Waals surface area contributed by atoms with E-state index in [1.165, 1.54) is 9.47 Å². The summed E-state index contributed by atoms with van der Waals surface area (Å²) < 4.78 is 1.35. The van der Waals surface area contributed by atoms with Crippen molar-refractivity contribution in [2.24, 2.45) is 0 Å². The third-order valence-corrected chi connectivity index (χ3v) is 3.40. The molecule has 100 valence electrons. The fraction of sp³-hybridized carbons (Fsp3) is 0.545. The van der Waals surface area contributed by atoms with Crippen molar-refractivity contribution in [3.8, 4) is 0 Å². The molecule has 6 nitrogen and oxygen atoms in total. The van der Waals surface area contributed by atoms with Gasteiger partial charge in [-0.05, 0) is 20.8 Å². The molecule has 1 aromatic rings. The maximum atomic E-state index is 12.0. The van der Waals surface area contributed by atoms with Gasteiger partial charge in [-0.25, -0.2) is 0 Å². The number of rotatable bonds is 5. The maximum absolute atomic E-state index is 12.0. The van der Waals surface area contributed by atoms with Crippen LogP contribution in [0.2, 0.25) is 0 Å². The molecule has 0 atom stereocenters. The van der Waals surface area contributed by atoms with Gasteiger partial charge in [0.15, 0.2) is 0 Å². The summed E-state index contributed by atoms with van der Waals surface area (Å²) in [5, 5.41) is 10.4. The van der Waals surface area contributed by atoms with Crippen LogP contribution in [0.4, 0.5) is 0 Å². The lowest BCUT2D eigenvalue weighted by molar-refractivity contribution is -0.146. The second-order valence-corrected chi connectivity index (χ2v) is 5.06. The topological polar surface area (TPSA) is 79.6 Å². The molecular formula is C11H16N2O4S. The van der Waals surface area contributed by atoms with Gasteiger partial charge in [-0.1, -0.05) is 11.3 Å². The Morgan fingerprint density at radius 3 is 2.50 bits per heavy atom. The van der Waals surface area contributed by atoms with Gasteiger partial charge in [0.25, 0.3) is 0 Å². The minimum Gasteiger partial charge on any atom is -0.480 e. The summed E-state index contributed by atoms with van der Waals surface area (Å²) in [6.45, 7) is 4.75. The first-order chi connectivity index (χ1) is 8.32. The number of carboxylic acid groups (broad SMARTS) is 1. The van der Waals surface area contributed by atoms with E-state index in [-0.39, 0.29) is 29.9 Å². The Kier molecular flexibility index (Phi) is 4.66. The zero-order valence-electron chi connectivity index (χ0n) is 10.5. The molecule has 0 fully saturated rings. The van der Waals surface area contributed by atoms with E-state index in [9.17, 15) is 14.4 Å². The molecule has 1 heterocycles. The Balaban J connectivity index is 2.85. The summed E-state index contributed by atoms with van der Waals surface area (Å²) in [5.41, 5.74) is 0.706. The monoisotopic (exact) mass is 272 g/mol. The maximum Gasteiger partial charge on any atom is 0.323 e. The van der Waals surface area contributed by atoms with Crippen LogP contribution in [0.5, 0.6) is 0 Å². The van der Waals surface area contributed by atoms with Crippen molar-refractivity contribution in [3.05, 3.63) is 20.7 Å². The Labute approximate surface area is 108 Å². The molecular weight excluding hydrogens is 256 g/mol. The SMILES string of the molecule is Cc1csc(=O)n1CC(=O)N(CC(=O)O)C(C)C. The highest BCUT2D eigenvalue weighted by molar-refractivity contribution is 7.07. The van der Waals surface area contributed by atoms with Gasteiger partial charge in [-0.3, -0.25) is 19.0 Å². The summed E-state index contributed by atoms with van der Waals surface area (Å²) in [6, 6.07) is -0.219. The number of nitrogens with zero attached hydrogens (tertiary/aromatic N) is 2. The number of carbonyl (C=O) groups excluding carboxylic acids is 1. The molecule has 0 bridgehead atoms. The van der Waals surface area contributed by atoms with Crippen LogP contribution in [0.25, 0.3) is 0 Å². The minimum absolute atomic E-state index is 0.111. The molecule has 0 saturated carbocycles. The van der Waals surface area contributed by atoms with Crippen LogP contribution < -0.4 is 4.87 Å². The van der Waals surface area contributed by atoms with Crippen molar-refractivity contribution < 1.29 is 14.7 Å². The Bertz CT molecular complexity index is 503. The van der Waals surface area contributed by atoms with E-state index >= 15 is 0 Å². The largest absolute Gasteiger partial charge is 0.480 e. The molecule has 1 aromatic heterocycles. The van der Waals surface area contributed by atoms with Crippen molar-refractivity contribution in [1.29, 1.82) is 0 Å². The molecule has 0 aliphatic heterocycles. The molecule has 7 heteroatoms. The fourth-order valence-electron chi connectivity index (χ4n) is 1.53. The molecule has 0 spiro atoms. The second kappa shape index (κ2) is 5.81. The molecule has 0 saturated heterocycles. The molecule has 0 aliphatic carbocycles. The first-order valence-corrected chi connectivity index (χ1v) is 6.37. The summed E-state index contributed by atoms with van der Waals surface area (Å²) in [5.74, 6) is -1.43. The summed E-state index contributed by atoms with van der Waals surface area (Å²) >= 11 is 1.03. The van der Waals surface area contributed by atoms with E-state index in [0.29, 0.717) is 5.69 Å². The van der Waals surface area contributed by atoms with E-state index in [0.717, 1.165) is 11.3 Å². The van der Waals surface area contributed by atoms with Gasteiger partial charge in [-0.2, -0.15) is 0 Å². The van der Waals surface area contributed by atoms with E-state index in [1.807, 2.05) is 0 Å². The van der Waals surface area contributed by atoms with Gasteiger partial charge in [0.1, 0.15) is 13.1 Å². The van der Waals surface area contributed by atoms with Crippen LogP contribution in [-0.2, 0) is 16.1 Å². The van der Waals surface area contributed by atoms with Gasteiger partial charge in [0, 0.05) is 17.1 Å². The number of hydrogen-bond acceptors (Lipinski definition) is 4. The number of aliphatic carboxylic acids is 1. The number of aryl methyl sites for hydroxylation is 1. The van der Waals surface area contributed by atoms with Crippen molar-refractivity contribution in [2.75, 3.05) is 6.54 Å². The van der Waals surface area contributed by atoms with Crippen molar-refractivity contribution in [1.82, 2.24) is 9.47 Å². The van der Waals surface area contributed by atoms with Crippen molar-refractivity contribution in [2.45, 2.75) is 33.4 Å². The predicted molar refractivity (Wildman–Crippen MR) is 67.8 cm³/mol. The summed E-state index contributed by atoms with van der Waals surface area (Å²) in [6.07, 6.45) is 0. The van der Waals surface area contributed by atoms with E-state index < -0.39 is 5.97 Å². The number of thiazole rings is 1. The molecule has 0 aliphatic rings. The lowest BCUT2D eigenvalue weighted by atomic mass is 10.3. The van der Waals surface area contributed by atoms with Crippen LogP contribution in [0.1, 0.15) is 19.5 Å². The minimum atomic E-state index is -1.06. The lowest BCUT2D eigenvalue weighted by Gasteiger charge is -2.25. The number of amides is 1. The summed E-state index contributed by atoms with van der Waals surface area (Å²) in [7, 11) is 0. The van der Waals surface area contributed by atoms with Crippen LogP contribution in [-0.4, -0.2) is 39.0 Å². The standard InChI is InChI=1S/C11H16N2O4S/c1-7(2)12(5-10(15)16)9(14)4-13-8(3)6-18-11(13)17/h6-7H,4-5H2,1-3H3,(H,15,16). The Hall–Kier alpha value is -1.63. The highest BCUT2D eigenvalue weighted by Crippen LogP contribution is 2.04. The molecule has 1 amide bonds. The van der Waals surface area contributed by atoms with Crippen LogP contribution in [0, 0.1) is 6.92 Å². The Morgan fingerprint density at radius 2 is 2.11 bits per heavy atom. The van der Waals surface area contributed by atoms with E-state index in [1.54, 1.807) is 26.2 Å². The van der Waals surface area contributed by atoms with Crippen LogP contribution >= 0.6 is 11.3 Å². The molecule has 18 heavy (non-hydrogen) atoms. The van der Waals surface area contributed by atoms with Gasteiger partial charge in [0.05, 0.1) is 0 Å². The smallest absolute Gasteiger partial charge is 0.323 e. The molecule has 1 N–H and O–H groups in total. The van der Waals surface area contributed by atoms with Crippen LogP contribution in [0.15, 0.2) is 10.2 Å². The quantitative estimate of drug-likeness (QED) is 0.848. The number of aromatic nitrogens is 1. The zero-order valence-corrected chi connectivity index (χ0v) is 11.4. The fourth-order valence-corrected chi connectivity index (χ4v) is 2.26. The first-order valence-electron chi connectivity index (χ1n) is 5.49. The van der Waals surface area contributed by atoms with Crippen molar-refractivity contribution >= 4 is 23.2 Å². The van der Waals surface area contributed by atoms with Gasteiger partial charge < -0.3 is 10.0 Å². The highest BCUT2D eigenvalue weighted by atomic mass is 32.1. The van der Waals surface area contributed by atoms with Crippen LogP contribution in [0.3, 0.4) is 0 Å². The van der Waals surface area contributed by atoms with E-state index in [4.69, 9.17) is 5.11 Å². The number of carbonyl (C=O) groups is 2. The van der Waals surface area contributed by atoms with Gasteiger partial charge >= 0.3 is 10.8 Å². The molecule has 0 radical (unpaired) electrons. The average molecular weight is 272 g/mol. The second-order valence-electron chi connectivity index (χ2n) is 4.24. The van der Waals surface area contributed by atoms with Gasteiger partial charge in [0.2, 0.25) is 5.91 Å².